The molecule has 1 aliphatic rings. The maximum absolute atomic E-state index is 12.5. The fraction of sp³-hybridized carbons (Fsp3) is 0.900. The van der Waals surface area contributed by atoms with Gasteiger partial charge < -0.3 is 28.4 Å². The van der Waals surface area contributed by atoms with E-state index >= 15 is 0 Å². The number of unbranched alkanes of at least 4 members (excludes halogenated alkanes) is 16. The zero-order valence-corrected chi connectivity index (χ0v) is 32.3. The average molecular weight is 713 g/mol. The number of ether oxygens (including phenoxy) is 6. The molecule has 1 heterocycles. The third kappa shape index (κ3) is 25.7. The van der Waals surface area contributed by atoms with Crippen LogP contribution in [0.15, 0.2) is 0 Å². The summed E-state index contributed by atoms with van der Waals surface area (Å²) in [4.78, 5) is 49.0. The molecule has 0 saturated carbocycles. The van der Waals surface area contributed by atoms with Crippen molar-refractivity contribution in [1.29, 1.82) is 0 Å². The molecular formula is C40H72O10. The molecule has 0 aromatic heterocycles. The minimum atomic E-state index is -0.792. The summed E-state index contributed by atoms with van der Waals surface area (Å²) in [7, 11) is 0. The smallest absolute Gasteiger partial charge is 0.305 e. The number of hydrogen-bond donors (Lipinski definition) is 0. The summed E-state index contributed by atoms with van der Waals surface area (Å²) in [6, 6.07) is 0. The van der Waals surface area contributed by atoms with Gasteiger partial charge in [0.15, 0.2) is 5.79 Å². The predicted octanol–water partition coefficient (Wildman–Crippen LogP) is 9.33. The molecule has 0 unspecified atom stereocenters. The van der Waals surface area contributed by atoms with Gasteiger partial charge in [0, 0.05) is 25.7 Å². The van der Waals surface area contributed by atoms with Crippen LogP contribution in [0.1, 0.15) is 182 Å². The van der Waals surface area contributed by atoms with Crippen molar-refractivity contribution in [2.24, 2.45) is 5.41 Å². The fourth-order valence-corrected chi connectivity index (χ4v) is 5.62. The SMILES string of the molecule is CCCCCCCCCOC(=O)CCCCCC(=O)OCC1(COC(=O)CCCCCC(=O)OCCCCCCCCC)COC(C)(C)OC1. The monoisotopic (exact) mass is 713 g/mol. The van der Waals surface area contributed by atoms with E-state index in [-0.39, 0.29) is 63.1 Å². The van der Waals surface area contributed by atoms with Crippen molar-refractivity contribution in [3.8, 4) is 0 Å². The van der Waals surface area contributed by atoms with Crippen molar-refractivity contribution < 1.29 is 47.6 Å². The Hall–Kier alpha value is -2.20. The molecule has 0 amide bonds. The number of esters is 4. The second-order valence-corrected chi connectivity index (χ2v) is 14.6. The number of rotatable bonds is 32. The second kappa shape index (κ2) is 29.4. The lowest BCUT2D eigenvalue weighted by molar-refractivity contribution is -0.296. The van der Waals surface area contributed by atoms with Crippen molar-refractivity contribution in [1.82, 2.24) is 0 Å². The average Bonchev–Trinajstić information content (AvgIpc) is 3.09. The summed E-state index contributed by atoms with van der Waals surface area (Å²) < 4.78 is 33.5. The van der Waals surface area contributed by atoms with E-state index in [0.29, 0.717) is 51.7 Å². The van der Waals surface area contributed by atoms with E-state index < -0.39 is 11.2 Å². The first-order valence-corrected chi connectivity index (χ1v) is 20.0. The van der Waals surface area contributed by atoms with Gasteiger partial charge >= 0.3 is 23.9 Å². The minimum absolute atomic E-state index is 0.0150. The first-order chi connectivity index (χ1) is 24.1. The van der Waals surface area contributed by atoms with Gasteiger partial charge in [0.05, 0.1) is 31.8 Å². The van der Waals surface area contributed by atoms with Gasteiger partial charge in [-0.2, -0.15) is 0 Å². The Morgan fingerprint density at radius 2 is 0.740 bits per heavy atom. The topological polar surface area (TPSA) is 124 Å². The van der Waals surface area contributed by atoms with Gasteiger partial charge in [-0.3, -0.25) is 19.2 Å². The lowest BCUT2D eigenvalue weighted by Crippen LogP contribution is -2.51. The molecule has 1 saturated heterocycles. The van der Waals surface area contributed by atoms with Crippen LogP contribution in [0.25, 0.3) is 0 Å². The molecular weight excluding hydrogens is 640 g/mol. The van der Waals surface area contributed by atoms with Crippen LogP contribution in [0.2, 0.25) is 0 Å². The van der Waals surface area contributed by atoms with Crippen molar-refractivity contribution in [3.63, 3.8) is 0 Å². The van der Waals surface area contributed by atoms with Crippen molar-refractivity contribution in [2.75, 3.05) is 39.6 Å². The van der Waals surface area contributed by atoms with Crippen molar-refractivity contribution in [3.05, 3.63) is 0 Å². The maximum Gasteiger partial charge on any atom is 0.305 e. The highest BCUT2D eigenvalue weighted by Crippen LogP contribution is 2.31. The van der Waals surface area contributed by atoms with Gasteiger partial charge in [-0.1, -0.05) is 104 Å². The van der Waals surface area contributed by atoms with E-state index in [1.807, 2.05) is 13.8 Å². The second-order valence-electron chi connectivity index (χ2n) is 14.6. The molecule has 0 atom stereocenters. The van der Waals surface area contributed by atoms with Gasteiger partial charge in [-0.15, -0.1) is 0 Å². The van der Waals surface area contributed by atoms with E-state index in [4.69, 9.17) is 28.4 Å². The summed E-state index contributed by atoms with van der Waals surface area (Å²) in [5, 5.41) is 0. The van der Waals surface area contributed by atoms with Crippen LogP contribution in [0.5, 0.6) is 0 Å². The molecule has 50 heavy (non-hydrogen) atoms. The highest BCUT2D eigenvalue weighted by Gasteiger charge is 2.42. The standard InChI is InChI=1S/C40H72O10/c1-5-7-9-11-13-15-23-29-45-35(41)25-19-17-21-27-37(43)47-31-40(33-49-39(3,4)50-34-40)32-48-38(44)28-22-18-20-26-36(42)46-30-24-16-14-12-10-8-6-2/h5-34H2,1-4H3. The molecule has 0 aliphatic carbocycles. The molecule has 10 nitrogen and oxygen atoms in total. The third-order valence-electron chi connectivity index (χ3n) is 9.08. The van der Waals surface area contributed by atoms with Crippen LogP contribution in [-0.4, -0.2) is 69.3 Å². The Balaban J connectivity index is 2.20. The van der Waals surface area contributed by atoms with Gasteiger partial charge in [0.25, 0.3) is 0 Å². The number of carbonyl (C=O) groups excluding carboxylic acids is 4. The zero-order chi connectivity index (χ0) is 36.8. The molecule has 0 spiro atoms. The molecule has 1 aliphatic heterocycles. The summed E-state index contributed by atoms with van der Waals surface area (Å²) in [6.07, 6.45) is 21.7. The van der Waals surface area contributed by atoms with Crippen LogP contribution < -0.4 is 0 Å². The molecule has 0 radical (unpaired) electrons. The first-order valence-electron chi connectivity index (χ1n) is 20.0. The largest absolute Gasteiger partial charge is 0.466 e. The van der Waals surface area contributed by atoms with Crippen LogP contribution in [-0.2, 0) is 47.6 Å². The van der Waals surface area contributed by atoms with E-state index in [1.54, 1.807) is 0 Å². The Labute approximate surface area is 303 Å². The molecule has 0 N–H and O–H groups in total. The van der Waals surface area contributed by atoms with E-state index in [1.165, 1.54) is 64.2 Å². The van der Waals surface area contributed by atoms with E-state index in [2.05, 4.69) is 13.8 Å². The van der Waals surface area contributed by atoms with Crippen LogP contribution in [0.3, 0.4) is 0 Å². The normalized spacial score (nSPS) is 15.0. The molecule has 1 rings (SSSR count). The Bertz CT molecular complexity index is 833. The maximum atomic E-state index is 12.5. The summed E-state index contributed by atoms with van der Waals surface area (Å²) in [5.74, 6) is -1.82. The fourth-order valence-electron chi connectivity index (χ4n) is 5.62. The molecule has 292 valence electrons. The summed E-state index contributed by atoms with van der Waals surface area (Å²) in [5.41, 5.74) is -0.792. The number of hydrogen-bond acceptors (Lipinski definition) is 10. The van der Waals surface area contributed by atoms with Crippen LogP contribution in [0.4, 0.5) is 0 Å². The highest BCUT2D eigenvalue weighted by atomic mass is 16.7. The van der Waals surface area contributed by atoms with Gasteiger partial charge in [0.2, 0.25) is 0 Å². The highest BCUT2D eigenvalue weighted by molar-refractivity contribution is 5.70. The summed E-state index contributed by atoms with van der Waals surface area (Å²) in [6.45, 7) is 9.49. The Morgan fingerprint density at radius 1 is 0.440 bits per heavy atom. The Morgan fingerprint density at radius 3 is 1.10 bits per heavy atom. The predicted molar refractivity (Wildman–Crippen MR) is 194 cm³/mol. The number of carbonyl (C=O) groups is 4. The first kappa shape index (κ1) is 45.8. The van der Waals surface area contributed by atoms with Crippen molar-refractivity contribution >= 4 is 23.9 Å². The van der Waals surface area contributed by atoms with Gasteiger partial charge in [0.1, 0.15) is 13.2 Å². The van der Waals surface area contributed by atoms with Crippen LogP contribution in [0, 0.1) is 5.41 Å². The Kier molecular flexibility index (Phi) is 26.9. The minimum Gasteiger partial charge on any atom is -0.466 e. The third-order valence-corrected chi connectivity index (χ3v) is 9.08. The van der Waals surface area contributed by atoms with Crippen molar-refractivity contribution in [2.45, 2.75) is 188 Å². The van der Waals surface area contributed by atoms with E-state index in [9.17, 15) is 19.2 Å². The van der Waals surface area contributed by atoms with Gasteiger partial charge in [-0.25, -0.2) is 0 Å². The van der Waals surface area contributed by atoms with Gasteiger partial charge in [-0.05, 0) is 52.4 Å². The molecule has 0 aromatic carbocycles. The van der Waals surface area contributed by atoms with Crippen LogP contribution >= 0.6 is 0 Å². The quantitative estimate of drug-likeness (QED) is 0.0379. The molecule has 0 bridgehead atoms. The zero-order valence-electron chi connectivity index (χ0n) is 32.3. The molecule has 0 aromatic rings. The lowest BCUT2D eigenvalue weighted by atomic mass is 9.91. The lowest BCUT2D eigenvalue weighted by Gasteiger charge is -2.42. The van der Waals surface area contributed by atoms with E-state index in [0.717, 1.165) is 38.5 Å². The molecule has 1 fully saturated rings. The summed E-state index contributed by atoms with van der Waals surface area (Å²) >= 11 is 0. The molecule has 10 heteroatoms.